The molecule has 0 bridgehead atoms. The minimum atomic E-state index is -0.576. The number of carbonyl (C=O) groups excluding carboxylic acids is 3. The molecule has 2 aliphatic heterocycles. The molecule has 160 valence electrons. The van der Waals surface area contributed by atoms with Crippen LogP contribution in [0.2, 0.25) is 0 Å². The predicted octanol–water partition coefficient (Wildman–Crippen LogP) is 4.30. The number of rotatable bonds is 4. The van der Waals surface area contributed by atoms with Gasteiger partial charge in [-0.2, -0.15) is 0 Å². The van der Waals surface area contributed by atoms with Crippen LogP contribution in [-0.2, 0) is 9.59 Å². The third kappa shape index (κ3) is 4.21. The van der Waals surface area contributed by atoms with Crippen LogP contribution in [0.25, 0.3) is 0 Å². The summed E-state index contributed by atoms with van der Waals surface area (Å²) in [7, 11) is 0. The summed E-state index contributed by atoms with van der Waals surface area (Å²) in [6, 6.07) is 14.0. The van der Waals surface area contributed by atoms with Crippen molar-refractivity contribution in [3.05, 3.63) is 70.4 Å². The van der Waals surface area contributed by atoms with E-state index in [2.05, 4.69) is 12.2 Å². The Kier molecular flexibility index (Phi) is 5.83. The lowest BCUT2D eigenvalue weighted by molar-refractivity contribution is -0.120. The summed E-state index contributed by atoms with van der Waals surface area (Å²) in [6.45, 7) is 5.61. The van der Waals surface area contributed by atoms with Gasteiger partial charge >= 0.3 is 0 Å². The first kappa shape index (κ1) is 21.1. The average molecular weight is 438 g/mol. The zero-order valence-electron chi connectivity index (χ0n) is 17.5. The number of hydrogen-bond donors (Lipinski definition) is 1. The maximum atomic E-state index is 12.9. The maximum Gasteiger partial charge on any atom is 0.283 e. The Morgan fingerprint density at radius 2 is 1.71 bits per heavy atom. The van der Waals surface area contributed by atoms with Crippen molar-refractivity contribution in [2.45, 2.75) is 26.7 Å². The first-order chi connectivity index (χ1) is 14.8. The minimum Gasteiger partial charge on any atom is -0.350 e. The van der Waals surface area contributed by atoms with Crippen molar-refractivity contribution in [3.63, 3.8) is 0 Å². The second-order valence-corrected chi connectivity index (χ2v) is 8.53. The maximum absolute atomic E-state index is 12.9. The van der Waals surface area contributed by atoms with E-state index in [9.17, 15) is 14.4 Å². The minimum absolute atomic E-state index is 0.00337. The summed E-state index contributed by atoms with van der Waals surface area (Å²) in [5, 5.41) is 2.78. The molecule has 0 spiro atoms. The molecule has 2 aliphatic rings. The third-order valence-corrected chi connectivity index (χ3v) is 6.12. The number of imide groups is 1. The normalized spacial score (nSPS) is 17.5. The molecule has 1 fully saturated rings. The zero-order chi connectivity index (χ0) is 22.1. The van der Waals surface area contributed by atoms with E-state index >= 15 is 0 Å². The number of amides is 3. The van der Waals surface area contributed by atoms with Crippen LogP contribution in [0.15, 0.2) is 59.3 Å². The van der Waals surface area contributed by atoms with Gasteiger partial charge in [0.2, 0.25) is 0 Å². The van der Waals surface area contributed by atoms with E-state index in [1.54, 1.807) is 36.4 Å². The quantitative estimate of drug-likeness (QED) is 0.724. The largest absolute Gasteiger partial charge is 0.350 e. The molecule has 6 nitrogen and oxygen atoms in total. The van der Waals surface area contributed by atoms with Gasteiger partial charge in [-0.05, 0) is 56.0 Å². The molecule has 2 aromatic carbocycles. The highest BCUT2D eigenvalue weighted by molar-refractivity contribution is 6.53. The van der Waals surface area contributed by atoms with Gasteiger partial charge in [0.25, 0.3) is 17.7 Å². The fraction of sp³-hybridized carbons (Fsp3) is 0.292. The summed E-state index contributed by atoms with van der Waals surface area (Å²) >= 11 is 6.22. The second-order valence-electron chi connectivity index (χ2n) is 8.15. The number of piperidine rings is 1. The molecule has 0 aromatic heterocycles. The Hall–Kier alpha value is -3.12. The first-order valence-electron chi connectivity index (χ1n) is 10.4. The number of benzene rings is 2. The Labute approximate surface area is 186 Å². The number of hydrogen-bond acceptors (Lipinski definition) is 4. The predicted molar refractivity (Wildman–Crippen MR) is 121 cm³/mol. The summed E-state index contributed by atoms with van der Waals surface area (Å²) in [5.74, 6) is -0.507. The monoisotopic (exact) mass is 437 g/mol. The molecule has 2 heterocycles. The molecule has 0 saturated carbocycles. The lowest BCUT2D eigenvalue weighted by Crippen LogP contribution is -2.37. The number of carbonyl (C=O) groups is 3. The lowest BCUT2D eigenvalue weighted by Gasteiger charge is -2.30. The second kappa shape index (κ2) is 8.55. The fourth-order valence-electron chi connectivity index (χ4n) is 3.81. The highest BCUT2D eigenvalue weighted by Crippen LogP contribution is 2.30. The van der Waals surface area contributed by atoms with Gasteiger partial charge in [-0.1, -0.05) is 42.3 Å². The molecule has 0 aliphatic carbocycles. The third-order valence-electron chi connectivity index (χ3n) is 5.77. The Morgan fingerprint density at radius 1 is 1.03 bits per heavy atom. The van der Waals surface area contributed by atoms with E-state index in [1.807, 2.05) is 24.0 Å². The van der Waals surface area contributed by atoms with Crippen LogP contribution < -0.4 is 10.2 Å². The molecule has 31 heavy (non-hydrogen) atoms. The van der Waals surface area contributed by atoms with Crippen LogP contribution in [0, 0.1) is 12.8 Å². The van der Waals surface area contributed by atoms with E-state index < -0.39 is 11.8 Å². The molecule has 1 saturated heterocycles. The standard InChI is InChI=1S/C24H24ClN3O3/c1-15-6-8-19(9-7-15)28-23(30)20(25)21(24(28)31)26-18-5-3-4-17(14-18)22(29)27-12-10-16(2)11-13-27/h3-9,14,16,26H,10-13H2,1-2H3. The van der Waals surface area contributed by atoms with Crippen LogP contribution >= 0.6 is 11.6 Å². The number of likely N-dealkylation sites (tertiary alicyclic amines) is 1. The van der Waals surface area contributed by atoms with E-state index in [4.69, 9.17) is 11.6 Å². The molecule has 3 amide bonds. The van der Waals surface area contributed by atoms with Crippen molar-refractivity contribution < 1.29 is 14.4 Å². The van der Waals surface area contributed by atoms with E-state index in [0.717, 1.165) is 36.4 Å². The molecule has 0 atom stereocenters. The number of anilines is 2. The highest BCUT2D eigenvalue weighted by atomic mass is 35.5. The Bertz CT molecular complexity index is 1070. The van der Waals surface area contributed by atoms with Gasteiger partial charge in [0.15, 0.2) is 0 Å². The molecule has 4 rings (SSSR count). The van der Waals surface area contributed by atoms with E-state index in [0.29, 0.717) is 22.9 Å². The van der Waals surface area contributed by atoms with Gasteiger partial charge in [0, 0.05) is 24.3 Å². The smallest absolute Gasteiger partial charge is 0.283 e. The van der Waals surface area contributed by atoms with Crippen LogP contribution in [-0.4, -0.2) is 35.7 Å². The SMILES string of the molecule is Cc1ccc(N2C(=O)C(Cl)=C(Nc3cccc(C(=O)N4CCC(C)CC4)c3)C2=O)cc1. The topological polar surface area (TPSA) is 69.7 Å². The van der Waals surface area contributed by atoms with Crippen molar-refractivity contribution in [3.8, 4) is 0 Å². The number of nitrogens with one attached hydrogen (secondary N) is 1. The molecule has 7 heteroatoms. The highest BCUT2D eigenvalue weighted by Gasteiger charge is 2.39. The van der Waals surface area contributed by atoms with Gasteiger partial charge in [-0.3, -0.25) is 14.4 Å². The molecule has 0 radical (unpaired) electrons. The van der Waals surface area contributed by atoms with Gasteiger partial charge < -0.3 is 10.2 Å². The van der Waals surface area contributed by atoms with Crippen molar-refractivity contribution in [1.29, 1.82) is 0 Å². The zero-order valence-corrected chi connectivity index (χ0v) is 18.3. The molecular formula is C24H24ClN3O3. The Balaban J connectivity index is 1.53. The van der Waals surface area contributed by atoms with Crippen molar-refractivity contribution >= 4 is 40.7 Å². The summed E-state index contributed by atoms with van der Waals surface area (Å²) in [4.78, 5) is 41.3. The number of nitrogens with zero attached hydrogens (tertiary/aromatic N) is 2. The van der Waals surface area contributed by atoms with E-state index in [1.165, 1.54) is 0 Å². The van der Waals surface area contributed by atoms with Gasteiger partial charge in [0.05, 0.1) is 5.69 Å². The van der Waals surface area contributed by atoms with E-state index in [-0.39, 0.29) is 16.6 Å². The first-order valence-corrected chi connectivity index (χ1v) is 10.7. The van der Waals surface area contributed by atoms with Crippen LogP contribution in [0.1, 0.15) is 35.7 Å². The number of aryl methyl sites for hydroxylation is 1. The van der Waals surface area contributed by atoms with Gasteiger partial charge in [-0.15, -0.1) is 0 Å². The van der Waals surface area contributed by atoms with Crippen molar-refractivity contribution in [1.82, 2.24) is 4.90 Å². The van der Waals surface area contributed by atoms with Crippen LogP contribution in [0.3, 0.4) is 0 Å². The molecule has 0 unspecified atom stereocenters. The van der Waals surface area contributed by atoms with Crippen molar-refractivity contribution in [2.75, 3.05) is 23.3 Å². The summed E-state index contributed by atoms with van der Waals surface area (Å²) in [6.07, 6.45) is 2.00. The number of halogens is 1. The van der Waals surface area contributed by atoms with Crippen LogP contribution in [0.4, 0.5) is 11.4 Å². The van der Waals surface area contributed by atoms with Gasteiger partial charge in [-0.25, -0.2) is 4.90 Å². The van der Waals surface area contributed by atoms with Gasteiger partial charge in [0.1, 0.15) is 10.7 Å². The lowest BCUT2D eigenvalue weighted by atomic mass is 9.98. The van der Waals surface area contributed by atoms with Crippen molar-refractivity contribution in [2.24, 2.45) is 5.92 Å². The molecular weight excluding hydrogens is 414 g/mol. The molecule has 1 N–H and O–H groups in total. The summed E-state index contributed by atoms with van der Waals surface area (Å²) in [5.41, 5.74) is 2.53. The average Bonchev–Trinajstić information content (AvgIpc) is 2.98. The fourth-order valence-corrected chi connectivity index (χ4v) is 4.02. The Morgan fingerprint density at radius 3 is 2.39 bits per heavy atom. The van der Waals surface area contributed by atoms with Crippen LogP contribution in [0.5, 0.6) is 0 Å². The summed E-state index contributed by atoms with van der Waals surface area (Å²) < 4.78 is 0. The molecule has 2 aromatic rings.